The Morgan fingerprint density at radius 1 is 1.44 bits per heavy atom. The lowest BCUT2D eigenvalue weighted by Gasteiger charge is -2.09. The summed E-state index contributed by atoms with van der Waals surface area (Å²) >= 11 is 0. The highest BCUT2D eigenvalue weighted by Crippen LogP contribution is 2.21. The molecule has 0 unspecified atom stereocenters. The zero-order valence-electron chi connectivity index (χ0n) is 10.3. The molecule has 0 aliphatic heterocycles. The van der Waals surface area contributed by atoms with Gasteiger partial charge in [-0.25, -0.2) is 4.39 Å². The van der Waals surface area contributed by atoms with E-state index in [2.05, 4.69) is 5.16 Å². The van der Waals surface area contributed by atoms with Crippen molar-refractivity contribution in [3.05, 3.63) is 47.1 Å². The molecule has 1 atom stereocenters. The van der Waals surface area contributed by atoms with Crippen molar-refractivity contribution in [3.8, 4) is 5.75 Å². The normalized spacial score (nSPS) is 12.4. The van der Waals surface area contributed by atoms with Gasteiger partial charge in [0, 0.05) is 23.7 Å². The van der Waals surface area contributed by atoms with E-state index >= 15 is 0 Å². The maximum atomic E-state index is 13.6. The molecule has 5 heteroatoms. The first-order valence-corrected chi connectivity index (χ1v) is 5.66. The molecule has 0 amide bonds. The number of hydrogen-bond acceptors (Lipinski definition) is 4. The monoisotopic (exact) mass is 250 g/mol. The molecule has 0 spiro atoms. The summed E-state index contributed by atoms with van der Waals surface area (Å²) in [5, 5.41) is 3.79. The molecule has 1 aromatic carbocycles. The first kappa shape index (κ1) is 12.6. The van der Waals surface area contributed by atoms with E-state index in [-0.39, 0.29) is 18.5 Å². The molecule has 0 radical (unpaired) electrons. The van der Waals surface area contributed by atoms with Gasteiger partial charge in [0.2, 0.25) is 0 Å². The molecule has 0 saturated heterocycles. The van der Waals surface area contributed by atoms with Crippen molar-refractivity contribution < 1.29 is 13.7 Å². The van der Waals surface area contributed by atoms with Crippen molar-refractivity contribution >= 4 is 0 Å². The molecule has 1 heterocycles. The van der Waals surface area contributed by atoms with Crippen LogP contribution in [-0.2, 0) is 6.61 Å². The molecule has 2 rings (SSSR count). The van der Waals surface area contributed by atoms with Crippen LogP contribution < -0.4 is 10.5 Å². The van der Waals surface area contributed by atoms with Gasteiger partial charge in [-0.1, -0.05) is 11.2 Å². The van der Waals surface area contributed by atoms with Crippen molar-refractivity contribution in [2.45, 2.75) is 26.5 Å². The van der Waals surface area contributed by atoms with Crippen LogP contribution >= 0.6 is 0 Å². The van der Waals surface area contributed by atoms with Gasteiger partial charge in [-0.2, -0.15) is 0 Å². The Morgan fingerprint density at radius 3 is 2.78 bits per heavy atom. The predicted molar refractivity (Wildman–Crippen MR) is 64.6 cm³/mol. The summed E-state index contributed by atoms with van der Waals surface area (Å²) in [6.07, 6.45) is 0. The average Bonchev–Trinajstić information content (AvgIpc) is 2.72. The first-order valence-electron chi connectivity index (χ1n) is 5.66. The molecule has 0 aliphatic rings. The van der Waals surface area contributed by atoms with Crippen LogP contribution in [0.2, 0.25) is 0 Å². The van der Waals surface area contributed by atoms with Crippen LogP contribution in [0, 0.1) is 12.7 Å². The largest absolute Gasteiger partial charge is 0.487 e. The van der Waals surface area contributed by atoms with E-state index in [1.54, 1.807) is 32.0 Å². The van der Waals surface area contributed by atoms with Gasteiger partial charge >= 0.3 is 0 Å². The van der Waals surface area contributed by atoms with Gasteiger partial charge in [0.05, 0.1) is 0 Å². The number of ether oxygens (including phenoxy) is 1. The van der Waals surface area contributed by atoms with E-state index in [0.717, 1.165) is 0 Å². The molecule has 2 aromatic rings. The fraction of sp³-hybridized carbons (Fsp3) is 0.308. The maximum absolute atomic E-state index is 13.6. The lowest BCUT2D eigenvalue weighted by molar-refractivity contribution is 0.286. The minimum Gasteiger partial charge on any atom is -0.487 e. The van der Waals surface area contributed by atoms with Crippen LogP contribution in [0.1, 0.15) is 30.0 Å². The Kier molecular flexibility index (Phi) is 3.62. The molecule has 0 saturated carbocycles. The minimum absolute atomic E-state index is 0.244. The van der Waals surface area contributed by atoms with Crippen molar-refractivity contribution in [3.63, 3.8) is 0 Å². The van der Waals surface area contributed by atoms with E-state index in [1.807, 2.05) is 0 Å². The molecule has 0 bridgehead atoms. The number of halogens is 1. The number of nitrogens with zero attached hydrogens (tertiary/aromatic N) is 1. The molecule has 2 N–H and O–H groups in total. The van der Waals surface area contributed by atoms with Gasteiger partial charge in [-0.15, -0.1) is 0 Å². The van der Waals surface area contributed by atoms with Gasteiger partial charge in [-0.05, 0) is 19.9 Å². The highest BCUT2D eigenvalue weighted by atomic mass is 19.1. The summed E-state index contributed by atoms with van der Waals surface area (Å²) in [4.78, 5) is 0. The Bertz CT molecular complexity index is 538. The fourth-order valence-corrected chi connectivity index (χ4v) is 1.61. The summed E-state index contributed by atoms with van der Waals surface area (Å²) in [5.74, 6) is 0.795. The summed E-state index contributed by atoms with van der Waals surface area (Å²) in [6, 6.07) is 6.08. The third-order valence-electron chi connectivity index (χ3n) is 2.53. The number of hydrogen-bond donors (Lipinski definition) is 1. The topological polar surface area (TPSA) is 61.3 Å². The summed E-state index contributed by atoms with van der Waals surface area (Å²) in [6.45, 7) is 3.78. The average molecular weight is 250 g/mol. The molecule has 18 heavy (non-hydrogen) atoms. The highest BCUT2D eigenvalue weighted by Gasteiger charge is 2.08. The minimum atomic E-state index is -0.362. The highest BCUT2D eigenvalue weighted by molar-refractivity contribution is 5.30. The number of benzene rings is 1. The predicted octanol–water partition coefficient (Wildman–Crippen LogP) is 2.72. The molecular weight excluding hydrogens is 235 g/mol. The van der Waals surface area contributed by atoms with Gasteiger partial charge in [0.25, 0.3) is 0 Å². The second kappa shape index (κ2) is 5.18. The van der Waals surface area contributed by atoms with E-state index in [9.17, 15) is 4.39 Å². The molecular formula is C13H15FN2O2. The van der Waals surface area contributed by atoms with Crippen LogP contribution in [0.3, 0.4) is 0 Å². The first-order chi connectivity index (χ1) is 8.56. The number of aromatic nitrogens is 1. The van der Waals surface area contributed by atoms with Crippen molar-refractivity contribution in [2.75, 3.05) is 0 Å². The quantitative estimate of drug-likeness (QED) is 0.906. The number of nitrogens with two attached hydrogens (primary N) is 1. The number of aryl methyl sites for hydroxylation is 1. The van der Waals surface area contributed by atoms with Crippen molar-refractivity contribution in [1.29, 1.82) is 0 Å². The Hall–Kier alpha value is -1.88. The lowest BCUT2D eigenvalue weighted by atomic mass is 10.1. The maximum Gasteiger partial charge on any atom is 0.134 e. The zero-order chi connectivity index (χ0) is 13.1. The van der Waals surface area contributed by atoms with Crippen molar-refractivity contribution in [2.24, 2.45) is 5.73 Å². The van der Waals surface area contributed by atoms with E-state index < -0.39 is 0 Å². The van der Waals surface area contributed by atoms with Gasteiger partial charge in [-0.3, -0.25) is 0 Å². The molecule has 1 aromatic heterocycles. The van der Waals surface area contributed by atoms with Crippen LogP contribution in [0.5, 0.6) is 5.75 Å². The molecule has 0 fully saturated rings. The summed E-state index contributed by atoms with van der Waals surface area (Å²) in [5.41, 5.74) is 6.77. The molecule has 96 valence electrons. The second-order valence-electron chi connectivity index (χ2n) is 4.19. The zero-order valence-corrected chi connectivity index (χ0v) is 10.3. The lowest BCUT2D eigenvalue weighted by Crippen LogP contribution is -2.07. The summed E-state index contributed by atoms with van der Waals surface area (Å²) < 4.78 is 24.0. The van der Waals surface area contributed by atoms with Crippen LogP contribution in [0.25, 0.3) is 0 Å². The van der Waals surface area contributed by atoms with Gasteiger partial charge < -0.3 is 15.0 Å². The standard InChI is InChI=1S/C13H15FN2O2/c1-8-5-10(16-18-8)7-17-11-3-4-12(9(2)15)13(14)6-11/h3-6,9H,7,15H2,1-2H3/t9-/m0/s1. The van der Waals surface area contributed by atoms with E-state index in [0.29, 0.717) is 22.8 Å². The fourth-order valence-electron chi connectivity index (χ4n) is 1.61. The van der Waals surface area contributed by atoms with Gasteiger partial charge in [0.15, 0.2) is 0 Å². The summed E-state index contributed by atoms with van der Waals surface area (Å²) in [7, 11) is 0. The molecule has 0 aliphatic carbocycles. The van der Waals surface area contributed by atoms with E-state index in [1.165, 1.54) is 6.07 Å². The van der Waals surface area contributed by atoms with Crippen molar-refractivity contribution in [1.82, 2.24) is 5.16 Å². The SMILES string of the molecule is Cc1cc(COc2ccc([C@H](C)N)c(F)c2)no1. The second-order valence-corrected chi connectivity index (χ2v) is 4.19. The Labute approximate surface area is 105 Å². The Morgan fingerprint density at radius 2 is 2.22 bits per heavy atom. The molecule has 4 nitrogen and oxygen atoms in total. The van der Waals surface area contributed by atoms with Crippen LogP contribution in [-0.4, -0.2) is 5.16 Å². The third kappa shape index (κ3) is 2.87. The third-order valence-corrected chi connectivity index (χ3v) is 2.53. The Balaban J connectivity index is 2.04. The smallest absolute Gasteiger partial charge is 0.134 e. The van der Waals surface area contributed by atoms with Gasteiger partial charge in [0.1, 0.15) is 29.6 Å². The van der Waals surface area contributed by atoms with Crippen LogP contribution in [0.4, 0.5) is 4.39 Å². The van der Waals surface area contributed by atoms with Crippen LogP contribution in [0.15, 0.2) is 28.8 Å². The number of rotatable bonds is 4. The van der Waals surface area contributed by atoms with E-state index in [4.69, 9.17) is 15.0 Å².